The van der Waals surface area contributed by atoms with Crippen molar-refractivity contribution in [1.82, 2.24) is 4.57 Å². The molecule has 218 valence electrons. The van der Waals surface area contributed by atoms with E-state index in [1.54, 1.807) is 53.4 Å². The van der Waals surface area contributed by atoms with Crippen molar-refractivity contribution in [2.75, 3.05) is 35.0 Å². The minimum Gasteiger partial charge on any atom is -0.497 e. The SMILES string of the molecule is CCOC(=O)C1=C(C)N=c2s/c(=C\c3c(OC)ccc4ccc(OC)cc34)c(=O)n2[C@@H]1c1cc(Br)c(OC)cc1OC. The summed E-state index contributed by atoms with van der Waals surface area (Å²) in [5, 5.41) is 1.82. The lowest BCUT2D eigenvalue weighted by Crippen LogP contribution is -2.40. The monoisotopic (exact) mass is 652 g/mol. The van der Waals surface area contributed by atoms with Crippen molar-refractivity contribution in [3.63, 3.8) is 0 Å². The van der Waals surface area contributed by atoms with E-state index >= 15 is 0 Å². The lowest BCUT2D eigenvalue weighted by atomic mass is 9.95. The van der Waals surface area contributed by atoms with Gasteiger partial charge in [-0.15, -0.1) is 0 Å². The molecule has 3 aromatic carbocycles. The van der Waals surface area contributed by atoms with E-state index in [0.717, 1.165) is 16.3 Å². The highest BCUT2D eigenvalue weighted by molar-refractivity contribution is 9.10. The quantitative estimate of drug-likeness (QED) is 0.254. The van der Waals surface area contributed by atoms with Gasteiger partial charge in [-0.2, -0.15) is 0 Å². The van der Waals surface area contributed by atoms with E-state index in [4.69, 9.17) is 23.7 Å². The number of hydrogen-bond donors (Lipinski definition) is 0. The molecule has 0 N–H and O–H groups in total. The van der Waals surface area contributed by atoms with Crippen LogP contribution in [0.15, 0.2) is 68.0 Å². The zero-order chi connectivity index (χ0) is 30.1. The molecule has 5 rings (SSSR count). The summed E-state index contributed by atoms with van der Waals surface area (Å²) in [6, 6.07) is 12.2. The van der Waals surface area contributed by atoms with Crippen molar-refractivity contribution < 1.29 is 28.5 Å². The minimum absolute atomic E-state index is 0.167. The molecule has 42 heavy (non-hydrogen) atoms. The van der Waals surface area contributed by atoms with Crippen LogP contribution in [-0.2, 0) is 9.53 Å². The first kappa shape index (κ1) is 29.4. The Balaban J connectivity index is 1.83. The summed E-state index contributed by atoms with van der Waals surface area (Å²) in [6.45, 7) is 3.64. The lowest BCUT2D eigenvalue weighted by Gasteiger charge is -2.26. The second kappa shape index (κ2) is 12.0. The van der Waals surface area contributed by atoms with E-state index in [1.807, 2.05) is 30.3 Å². The molecule has 0 amide bonds. The topological polar surface area (TPSA) is 97.6 Å². The Labute approximate surface area is 254 Å². The van der Waals surface area contributed by atoms with Gasteiger partial charge < -0.3 is 23.7 Å². The van der Waals surface area contributed by atoms with Crippen molar-refractivity contribution in [3.05, 3.63) is 89.0 Å². The third-order valence-corrected chi connectivity index (χ3v) is 8.64. The zero-order valence-electron chi connectivity index (χ0n) is 23.9. The number of hydrogen-bond acceptors (Lipinski definition) is 9. The summed E-state index contributed by atoms with van der Waals surface area (Å²) in [5.74, 6) is 1.70. The number of methoxy groups -OCH3 is 4. The third-order valence-electron chi connectivity index (χ3n) is 7.04. The summed E-state index contributed by atoms with van der Waals surface area (Å²) in [6.07, 6.45) is 1.80. The number of rotatable bonds is 8. The van der Waals surface area contributed by atoms with Crippen LogP contribution >= 0.6 is 27.3 Å². The van der Waals surface area contributed by atoms with Crippen LogP contribution in [-0.4, -0.2) is 45.6 Å². The number of carbonyl (C=O) groups excluding carboxylic acids is 1. The van der Waals surface area contributed by atoms with Crippen molar-refractivity contribution in [1.29, 1.82) is 0 Å². The molecule has 9 nitrogen and oxygen atoms in total. The molecule has 11 heteroatoms. The zero-order valence-corrected chi connectivity index (χ0v) is 26.3. The molecule has 1 aliphatic heterocycles. The van der Waals surface area contributed by atoms with Crippen molar-refractivity contribution in [2.24, 2.45) is 4.99 Å². The molecule has 2 heterocycles. The number of carbonyl (C=O) groups is 1. The predicted molar refractivity (Wildman–Crippen MR) is 165 cm³/mol. The maximum atomic E-state index is 14.3. The molecule has 0 aliphatic carbocycles. The van der Waals surface area contributed by atoms with Gasteiger partial charge in [-0.1, -0.05) is 23.5 Å². The van der Waals surface area contributed by atoms with Crippen LogP contribution < -0.4 is 33.8 Å². The van der Waals surface area contributed by atoms with Crippen LogP contribution in [0.5, 0.6) is 23.0 Å². The van der Waals surface area contributed by atoms with E-state index in [1.165, 1.54) is 23.0 Å². The van der Waals surface area contributed by atoms with Crippen LogP contribution in [0.25, 0.3) is 16.8 Å². The molecule has 0 bridgehead atoms. The molecule has 0 spiro atoms. The summed E-state index contributed by atoms with van der Waals surface area (Å²) in [7, 11) is 6.27. The highest BCUT2D eigenvalue weighted by Crippen LogP contribution is 2.41. The molecular formula is C31H29BrN2O7S. The fraction of sp³-hybridized carbons (Fsp3) is 0.258. The molecule has 1 atom stereocenters. The highest BCUT2D eigenvalue weighted by Gasteiger charge is 2.35. The number of nitrogens with zero attached hydrogens (tertiary/aromatic N) is 2. The molecule has 1 aliphatic rings. The molecule has 1 aromatic heterocycles. The van der Waals surface area contributed by atoms with Gasteiger partial charge in [0.2, 0.25) is 0 Å². The van der Waals surface area contributed by atoms with Crippen molar-refractivity contribution in [2.45, 2.75) is 19.9 Å². The van der Waals surface area contributed by atoms with Gasteiger partial charge in [0, 0.05) is 17.2 Å². The number of fused-ring (bicyclic) bond motifs is 2. The number of aromatic nitrogens is 1. The van der Waals surface area contributed by atoms with Crippen LogP contribution in [0.3, 0.4) is 0 Å². The standard InChI is InChI=1S/C31H29BrN2O7S/c1-7-41-30(36)27-16(2)33-31-34(28(27)21-13-22(32)25(40-6)15-24(21)39-5)29(35)26(42-31)14-20-19-12-18(37-3)10-8-17(19)9-11-23(20)38-4/h8-15,28H,7H2,1-6H3/b26-14-/t28-/m1/s1. The Morgan fingerprint density at radius 3 is 2.38 bits per heavy atom. The van der Waals surface area contributed by atoms with Gasteiger partial charge in [-0.3, -0.25) is 9.36 Å². The van der Waals surface area contributed by atoms with Gasteiger partial charge in [-0.05, 0) is 70.9 Å². The number of ether oxygens (including phenoxy) is 5. The first-order chi connectivity index (χ1) is 20.3. The number of halogens is 1. The molecule has 0 radical (unpaired) electrons. The number of thiazole rings is 1. The maximum Gasteiger partial charge on any atom is 0.338 e. The molecule has 0 fully saturated rings. The average Bonchev–Trinajstić information content (AvgIpc) is 3.30. The average molecular weight is 654 g/mol. The first-order valence-corrected chi connectivity index (χ1v) is 14.6. The van der Waals surface area contributed by atoms with Gasteiger partial charge >= 0.3 is 5.97 Å². The fourth-order valence-corrected chi connectivity index (χ4v) is 6.62. The Morgan fingerprint density at radius 2 is 1.71 bits per heavy atom. The van der Waals surface area contributed by atoms with Gasteiger partial charge in [0.25, 0.3) is 5.56 Å². The van der Waals surface area contributed by atoms with Gasteiger partial charge in [0.05, 0.1) is 55.3 Å². The van der Waals surface area contributed by atoms with Crippen LogP contribution in [0.2, 0.25) is 0 Å². The summed E-state index contributed by atoms with van der Waals surface area (Å²) >= 11 is 4.77. The molecule has 0 unspecified atom stereocenters. The van der Waals surface area contributed by atoms with E-state index in [0.29, 0.717) is 48.1 Å². The predicted octanol–water partition coefficient (Wildman–Crippen LogP) is 4.75. The Hall–Kier alpha value is -4.09. The second-order valence-electron chi connectivity index (χ2n) is 9.30. The summed E-state index contributed by atoms with van der Waals surface area (Å²) in [5.41, 5.74) is 1.67. The Morgan fingerprint density at radius 1 is 1.00 bits per heavy atom. The van der Waals surface area contributed by atoms with Gasteiger partial charge in [0.1, 0.15) is 29.0 Å². The van der Waals surface area contributed by atoms with Crippen LogP contribution in [0.4, 0.5) is 0 Å². The molecular weight excluding hydrogens is 624 g/mol. The van der Waals surface area contributed by atoms with E-state index < -0.39 is 12.0 Å². The van der Waals surface area contributed by atoms with E-state index in [9.17, 15) is 9.59 Å². The molecule has 4 aromatic rings. The first-order valence-electron chi connectivity index (χ1n) is 13.0. The van der Waals surface area contributed by atoms with Crippen LogP contribution in [0, 0.1) is 0 Å². The Kier molecular flexibility index (Phi) is 8.42. The van der Waals surface area contributed by atoms with Gasteiger partial charge in [-0.25, -0.2) is 9.79 Å². The normalized spacial score (nSPS) is 14.8. The van der Waals surface area contributed by atoms with E-state index in [-0.39, 0.29) is 17.7 Å². The lowest BCUT2D eigenvalue weighted by molar-refractivity contribution is -0.139. The number of esters is 1. The Bertz CT molecular complexity index is 1920. The second-order valence-corrected chi connectivity index (χ2v) is 11.2. The van der Waals surface area contributed by atoms with E-state index in [2.05, 4.69) is 20.9 Å². The largest absolute Gasteiger partial charge is 0.497 e. The fourth-order valence-electron chi connectivity index (χ4n) is 5.07. The summed E-state index contributed by atoms with van der Waals surface area (Å²) < 4.78 is 30.3. The molecule has 0 saturated carbocycles. The summed E-state index contributed by atoms with van der Waals surface area (Å²) in [4.78, 5) is 32.7. The maximum absolute atomic E-state index is 14.3. The van der Waals surface area contributed by atoms with Crippen LogP contribution in [0.1, 0.15) is 31.0 Å². The molecule has 0 saturated heterocycles. The third kappa shape index (κ3) is 5.07. The smallest absolute Gasteiger partial charge is 0.338 e. The highest BCUT2D eigenvalue weighted by atomic mass is 79.9. The number of benzene rings is 3. The van der Waals surface area contributed by atoms with Crippen molar-refractivity contribution in [3.8, 4) is 23.0 Å². The number of allylic oxidation sites excluding steroid dienone is 1. The van der Waals surface area contributed by atoms with Crippen molar-refractivity contribution >= 4 is 50.1 Å². The minimum atomic E-state index is -0.867. The van der Waals surface area contributed by atoms with Gasteiger partial charge in [0.15, 0.2) is 4.80 Å².